The Labute approximate surface area is 134 Å². The number of carbonyl (C=O) groups is 2. The van der Waals surface area contributed by atoms with Gasteiger partial charge in [0.1, 0.15) is 5.70 Å². The molecule has 0 fully saturated rings. The van der Waals surface area contributed by atoms with Gasteiger partial charge in [0.25, 0.3) is 5.69 Å². The summed E-state index contributed by atoms with van der Waals surface area (Å²) in [5.41, 5.74) is -0.612. The lowest BCUT2D eigenvalue weighted by Crippen LogP contribution is -2.16. The van der Waals surface area contributed by atoms with Gasteiger partial charge >= 0.3 is 11.9 Å². The molecule has 0 saturated heterocycles. The third-order valence-corrected chi connectivity index (χ3v) is 2.96. The van der Waals surface area contributed by atoms with E-state index < -0.39 is 16.9 Å². The summed E-state index contributed by atoms with van der Waals surface area (Å²) in [7, 11) is 2.23. The number of nitro benzene ring substituents is 1. The molecule has 0 unspecified atom stereocenters. The van der Waals surface area contributed by atoms with Crippen molar-refractivity contribution in [3.05, 3.63) is 44.1 Å². The maximum absolute atomic E-state index is 11.6. The van der Waals surface area contributed by atoms with Gasteiger partial charge in [-0.3, -0.25) is 10.1 Å². The topological polar surface area (TPSA) is 108 Å². The van der Waals surface area contributed by atoms with E-state index in [9.17, 15) is 19.7 Å². The first-order valence-corrected chi connectivity index (χ1v) is 6.34. The largest absolute Gasteiger partial charge is 0.466 e. The summed E-state index contributed by atoms with van der Waals surface area (Å²) < 4.78 is 8.91. The van der Waals surface area contributed by atoms with Crippen LogP contribution in [0.5, 0.6) is 0 Å². The van der Waals surface area contributed by atoms with E-state index in [1.807, 2.05) is 0 Å². The van der Waals surface area contributed by atoms with Crippen LogP contribution in [0.3, 0.4) is 0 Å². The van der Waals surface area contributed by atoms with Crippen LogP contribution in [0.4, 0.5) is 11.4 Å². The predicted molar refractivity (Wildman–Crippen MR) is 78.9 cm³/mol. The second-order valence-electron chi connectivity index (χ2n) is 3.74. The van der Waals surface area contributed by atoms with Crippen LogP contribution in [-0.4, -0.2) is 31.1 Å². The molecule has 0 atom stereocenters. The lowest BCUT2D eigenvalue weighted by atomic mass is 10.2. The maximum atomic E-state index is 11.6. The molecule has 22 heavy (non-hydrogen) atoms. The molecule has 0 heterocycles. The van der Waals surface area contributed by atoms with E-state index in [4.69, 9.17) is 23.2 Å². The average Bonchev–Trinajstić information content (AvgIpc) is 2.48. The summed E-state index contributed by atoms with van der Waals surface area (Å²) in [6.45, 7) is 0. The van der Waals surface area contributed by atoms with E-state index in [0.717, 1.165) is 32.4 Å². The molecule has 0 aliphatic rings. The highest BCUT2D eigenvalue weighted by Gasteiger charge is 2.19. The molecule has 118 valence electrons. The third kappa shape index (κ3) is 4.34. The maximum Gasteiger partial charge on any atom is 0.354 e. The molecular formula is C12H10Cl2N2O6. The van der Waals surface area contributed by atoms with Crippen molar-refractivity contribution >= 4 is 46.5 Å². The van der Waals surface area contributed by atoms with Gasteiger partial charge < -0.3 is 14.8 Å². The zero-order chi connectivity index (χ0) is 16.9. The Hall–Kier alpha value is -2.32. The van der Waals surface area contributed by atoms with Gasteiger partial charge in [0.2, 0.25) is 0 Å². The van der Waals surface area contributed by atoms with Crippen LogP contribution < -0.4 is 5.32 Å². The van der Waals surface area contributed by atoms with Crippen molar-refractivity contribution in [2.24, 2.45) is 0 Å². The van der Waals surface area contributed by atoms with Gasteiger partial charge in [-0.25, -0.2) is 9.59 Å². The predicted octanol–water partition coefficient (Wildman–Crippen LogP) is 2.54. The van der Waals surface area contributed by atoms with Gasteiger partial charge in [0.05, 0.1) is 41.0 Å². The molecule has 0 radical (unpaired) electrons. The minimum atomic E-state index is -0.879. The van der Waals surface area contributed by atoms with Crippen LogP contribution in [0.1, 0.15) is 0 Å². The van der Waals surface area contributed by atoms with E-state index in [1.54, 1.807) is 0 Å². The molecular weight excluding hydrogens is 339 g/mol. The molecule has 1 aromatic rings. The number of benzene rings is 1. The summed E-state index contributed by atoms with van der Waals surface area (Å²) >= 11 is 11.8. The van der Waals surface area contributed by atoms with Crippen molar-refractivity contribution in [3.8, 4) is 0 Å². The first-order valence-electron chi connectivity index (χ1n) is 5.58. The highest BCUT2D eigenvalue weighted by atomic mass is 35.5. The molecule has 0 aromatic heterocycles. The number of ether oxygens (including phenoxy) is 2. The molecule has 0 aliphatic heterocycles. The summed E-state index contributed by atoms with van der Waals surface area (Å²) in [5, 5.41) is 13.0. The van der Waals surface area contributed by atoms with Gasteiger partial charge in [-0.2, -0.15) is 0 Å². The first kappa shape index (κ1) is 17.7. The van der Waals surface area contributed by atoms with Gasteiger partial charge in [0.15, 0.2) is 0 Å². The number of esters is 2. The number of carbonyl (C=O) groups excluding carboxylic acids is 2. The summed E-state index contributed by atoms with van der Waals surface area (Å²) in [5.74, 6) is -1.70. The molecule has 1 rings (SSSR count). The minimum Gasteiger partial charge on any atom is -0.466 e. The number of anilines is 1. The third-order valence-electron chi connectivity index (χ3n) is 2.37. The SMILES string of the molecule is COC(=O)/C=C(/Nc1c(Cl)cc([N+](=O)[O-])cc1Cl)C(=O)OC. The number of methoxy groups -OCH3 is 2. The monoisotopic (exact) mass is 348 g/mol. The van der Waals surface area contributed by atoms with Crippen LogP contribution in [0, 0.1) is 10.1 Å². The van der Waals surface area contributed by atoms with E-state index >= 15 is 0 Å². The quantitative estimate of drug-likeness (QED) is 0.377. The standard InChI is InChI=1S/C12H10Cl2N2O6/c1-21-10(17)5-9(12(18)22-2)15-11-7(13)3-6(16(19)20)4-8(11)14/h3-5,15H,1-2H3/b9-5+. The second kappa shape index (κ2) is 7.62. The van der Waals surface area contributed by atoms with Crippen molar-refractivity contribution < 1.29 is 24.0 Å². The highest BCUT2D eigenvalue weighted by Crippen LogP contribution is 2.35. The number of rotatable bonds is 5. The number of hydrogen-bond donors (Lipinski definition) is 1. The lowest BCUT2D eigenvalue weighted by molar-refractivity contribution is -0.384. The Morgan fingerprint density at radius 2 is 1.77 bits per heavy atom. The van der Waals surface area contributed by atoms with Gasteiger partial charge in [-0.05, 0) is 0 Å². The minimum absolute atomic E-state index is 0.00878. The molecule has 0 saturated carbocycles. The Kier molecular flexibility index (Phi) is 6.14. The number of non-ortho nitro benzene ring substituents is 1. The van der Waals surface area contributed by atoms with Crippen molar-refractivity contribution in [1.29, 1.82) is 0 Å². The highest BCUT2D eigenvalue weighted by molar-refractivity contribution is 6.39. The fourth-order valence-corrected chi connectivity index (χ4v) is 1.92. The summed E-state index contributed by atoms with van der Waals surface area (Å²) in [6, 6.07) is 2.09. The summed E-state index contributed by atoms with van der Waals surface area (Å²) in [6.07, 6.45) is 0.833. The van der Waals surface area contributed by atoms with Crippen LogP contribution in [-0.2, 0) is 19.1 Å². The van der Waals surface area contributed by atoms with Crippen molar-refractivity contribution in [2.75, 3.05) is 19.5 Å². The number of hydrogen-bond acceptors (Lipinski definition) is 7. The molecule has 0 aliphatic carbocycles. The Bertz CT molecular complexity index is 636. The van der Waals surface area contributed by atoms with Gasteiger partial charge in [0, 0.05) is 12.1 Å². The zero-order valence-electron chi connectivity index (χ0n) is 11.4. The average molecular weight is 349 g/mol. The number of nitro groups is 1. The molecule has 0 bridgehead atoms. The lowest BCUT2D eigenvalue weighted by Gasteiger charge is -2.12. The van der Waals surface area contributed by atoms with Crippen molar-refractivity contribution in [3.63, 3.8) is 0 Å². The van der Waals surface area contributed by atoms with Crippen LogP contribution >= 0.6 is 23.2 Å². The number of nitrogens with zero attached hydrogens (tertiary/aromatic N) is 1. The van der Waals surface area contributed by atoms with Crippen molar-refractivity contribution in [1.82, 2.24) is 0 Å². The molecule has 1 aromatic carbocycles. The Balaban J connectivity index is 3.24. The van der Waals surface area contributed by atoms with Crippen LogP contribution in [0.2, 0.25) is 10.0 Å². The Morgan fingerprint density at radius 3 is 2.18 bits per heavy atom. The smallest absolute Gasteiger partial charge is 0.354 e. The fraction of sp³-hybridized carbons (Fsp3) is 0.167. The normalized spacial score (nSPS) is 10.8. The van der Waals surface area contributed by atoms with Crippen LogP contribution in [0.15, 0.2) is 23.9 Å². The molecule has 0 amide bonds. The first-order chi connectivity index (χ1) is 10.3. The van der Waals surface area contributed by atoms with Crippen molar-refractivity contribution in [2.45, 2.75) is 0 Å². The number of halogens is 2. The Morgan fingerprint density at radius 1 is 1.23 bits per heavy atom. The van der Waals surface area contributed by atoms with E-state index in [-0.39, 0.29) is 27.1 Å². The van der Waals surface area contributed by atoms with Gasteiger partial charge in [-0.15, -0.1) is 0 Å². The van der Waals surface area contributed by atoms with E-state index in [0.29, 0.717) is 0 Å². The fourth-order valence-electron chi connectivity index (χ4n) is 1.35. The molecule has 0 spiro atoms. The molecule has 1 N–H and O–H groups in total. The zero-order valence-corrected chi connectivity index (χ0v) is 12.9. The molecule has 10 heteroatoms. The van der Waals surface area contributed by atoms with E-state index in [2.05, 4.69) is 14.8 Å². The summed E-state index contributed by atoms with van der Waals surface area (Å²) in [4.78, 5) is 32.9. The van der Waals surface area contributed by atoms with Gasteiger partial charge in [-0.1, -0.05) is 23.2 Å². The second-order valence-corrected chi connectivity index (χ2v) is 4.55. The number of nitrogens with one attached hydrogen (secondary N) is 1. The van der Waals surface area contributed by atoms with E-state index in [1.165, 1.54) is 0 Å². The molecule has 8 nitrogen and oxygen atoms in total. The van der Waals surface area contributed by atoms with Crippen LogP contribution in [0.25, 0.3) is 0 Å².